The van der Waals surface area contributed by atoms with Crippen molar-refractivity contribution in [3.63, 3.8) is 0 Å². The predicted molar refractivity (Wildman–Crippen MR) is 101 cm³/mol. The Balaban J connectivity index is 1.67. The van der Waals surface area contributed by atoms with E-state index in [1.54, 1.807) is 24.3 Å². The number of aromatic nitrogens is 1. The van der Waals surface area contributed by atoms with Gasteiger partial charge in [-0.1, -0.05) is 42.5 Å². The number of nitrogens with zero attached hydrogens (tertiary/aromatic N) is 1. The van der Waals surface area contributed by atoms with E-state index in [2.05, 4.69) is 15.0 Å². The SMILES string of the molecule is COC(=O)c1ccc(CNC(=O)c2sc(-c3ccccc3)nc2C)cc1. The molecule has 0 unspecified atom stereocenters. The Morgan fingerprint density at radius 2 is 1.77 bits per heavy atom. The van der Waals surface area contributed by atoms with E-state index in [1.165, 1.54) is 18.4 Å². The van der Waals surface area contributed by atoms with Crippen LogP contribution in [-0.2, 0) is 11.3 Å². The molecule has 132 valence electrons. The van der Waals surface area contributed by atoms with E-state index in [0.717, 1.165) is 16.1 Å². The number of hydrogen-bond donors (Lipinski definition) is 1. The molecule has 0 aliphatic rings. The lowest BCUT2D eigenvalue weighted by Crippen LogP contribution is -2.22. The van der Waals surface area contributed by atoms with E-state index in [4.69, 9.17) is 0 Å². The van der Waals surface area contributed by atoms with Crippen LogP contribution in [0.1, 0.15) is 31.3 Å². The normalized spacial score (nSPS) is 10.4. The Hall–Kier alpha value is -2.99. The molecule has 0 aliphatic heterocycles. The Morgan fingerprint density at radius 3 is 2.42 bits per heavy atom. The first kappa shape index (κ1) is 17.8. The number of hydrogen-bond acceptors (Lipinski definition) is 5. The van der Waals surface area contributed by atoms with Gasteiger partial charge in [-0.05, 0) is 24.6 Å². The van der Waals surface area contributed by atoms with Crippen LogP contribution in [-0.4, -0.2) is 24.0 Å². The number of nitrogens with one attached hydrogen (secondary N) is 1. The third kappa shape index (κ3) is 3.97. The second-order valence-electron chi connectivity index (χ2n) is 5.67. The van der Waals surface area contributed by atoms with E-state index in [-0.39, 0.29) is 11.9 Å². The lowest BCUT2D eigenvalue weighted by Gasteiger charge is -2.05. The molecule has 2 aromatic carbocycles. The van der Waals surface area contributed by atoms with Crippen molar-refractivity contribution < 1.29 is 14.3 Å². The molecule has 0 saturated carbocycles. The minimum atomic E-state index is -0.380. The van der Waals surface area contributed by atoms with Crippen molar-refractivity contribution in [1.82, 2.24) is 10.3 Å². The van der Waals surface area contributed by atoms with Gasteiger partial charge in [0.05, 0.1) is 18.4 Å². The van der Waals surface area contributed by atoms with Gasteiger partial charge in [0.25, 0.3) is 5.91 Å². The van der Waals surface area contributed by atoms with Crippen molar-refractivity contribution in [2.24, 2.45) is 0 Å². The van der Waals surface area contributed by atoms with Gasteiger partial charge < -0.3 is 10.1 Å². The van der Waals surface area contributed by atoms with Crippen LogP contribution in [0.15, 0.2) is 54.6 Å². The second-order valence-corrected chi connectivity index (χ2v) is 6.67. The van der Waals surface area contributed by atoms with Crippen molar-refractivity contribution in [2.75, 3.05) is 7.11 Å². The molecule has 5 nitrogen and oxygen atoms in total. The quantitative estimate of drug-likeness (QED) is 0.697. The highest BCUT2D eigenvalue weighted by Crippen LogP contribution is 2.27. The molecular weight excluding hydrogens is 348 g/mol. The molecule has 0 aliphatic carbocycles. The minimum absolute atomic E-state index is 0.153. The fourth-order valence-electron chi connectivity index (χ4n) is 2.45. The Kier molecular flexibility index (Phi) is 5.43. The van der Waals surface area contributed by atoms with Gasteiger partial charge in [0, 0.05) is 12.1 Å². The molecule has 1 aromatic heterocycles. The molecule has 26 heavy (non-hydrogen) atoms. The molecule has 1 amide bonds. The highest BCUT2D eigenvalue weighted by Gasteiger charge is 2.16. The molecule has 0 fully saturated rings. The zero-order valence-electron chi connectivity index (χ0n) is 14.5. The van der Waals surface area contributed by atoms with Gasteiger partial charge in [0.1, 0.15) is 9.88 Å². The van der Waals surface area contributed by atoms with Crippen LogP contribution in [0, 0.1) is 6.92 Å². The monoisotopic (exact) mass is 366 g/mol. The van der Waals surface area contributed by atoms with Crippen LogP contribution in [0.3, 0.4) is 0 Å². The highest BCUT2D eigenvalue weighted by molar-refractivity contribution is 7.17. The first-order chi connectivity index (χ1) is 12.6. The number of ether oxygens (including phenoxy) is 1. The summed E-state index contributed by atoms with van der Waals surface area (Å²) in [6.45, 7) is 2.21. The molecule has 1 N–H and O–H groups in total. The standard InChI is InChI=1S/C20H18N2O3S/c1-13-17(26-19(22-13)15-6-4-3-5-7-15)18(23)21-12-14-8-10-16(11-9-14)20(24)25-2/h3-11H,12H2,1-2H3,(H,21,23). The second kappa shape index (κ2) is 7.93. The van der Waals surface area contributed by atoms with Gasteiger partial charge in [-0.3, -0.25) is 4.79 Å². The van der Waals surface area contributed by atoms with Crippen molar-refractivity contribution >= 4 is 23.2 Å². The molecule has 0 saturated heterocycles. The summed E-state index contributed by atoms with van der Waals surface area (Å²) < 4.78 is 4.67. The van der Waals surface area contributed by atoms with Crippen molar-refractivity contribution in [2.45, 2.75) is 13.5 Å². The largest absolute Gasteiger partial charge is 0.465 e. The Bertz CT molecular complexity index is 918. The van der Waals surface area contributed by atoms with Gasteiger partial charge in [-0.15, -0.1) is 11.3 Å². The maximum atomic E-state index is 12.5. The molecule has 6 heteroatoms. The van der Waals surface area contributed by atoms with Crippen LogP contribution in [0.4, 0.5) is 0 Å². The summed E-state index contributed by atoms with van der Waals surface area (Å²) in [6.07, 6.45) is 0. The van der Waals surface area contributed by atoms with Crippen molar-refractivity contribution in [3.8, 4) is 10.6 Å². The summed E-state index contributed by atoms with van der Waals surface area (Å²) in [7, 11) is 1.34. The van der Waals surface area contributed by atoms with Crippen LogP contribution >= 0.6 is 11.3 Å². The van der Waals surface area contributed by atoms with Gasteiger partial charge in [0.2, 0.25) is 0 Å². The number of aryl methyl sites for hydroxylation is 1. The van der Waals surface area contributed by atoms with Gasteiger partial charge in [-0.25, -0.2) is 9.78 Å². The topological polar surface area (TPSA) is 68.3 Å². The highest BCUT2D eigenvalue weighted by atomic mass is 32.1. The summed E-state index contributed by atoms with van der Waals surface area (Å²) in [5.74, 6) is -0.534. The number of thiazole rings is 1. The lowest BCUT2D eigenvalue weighted by atomic mass is 10.1. The third-order valence-corrected chi connectivity index (χ3v) is 5.06. The summed E-state index contributed by atoms with van der Waals surface area (Å²) >= 11 is 1.38. The number of amides is 1. The average molecular weight is 366 g/mol. The molecule has 3 rings (SSSR count). The number of benzene rings is 2. The van der Waals surface area contributed by atoms with E-state index < -0.39 is 0 Å². The summed E-state index contributed by atoms with van der Waals surface area (Å²) in [5.41, 5.74) is 3.09. The molecule has 3 aromatic rings. The average Bonchev–Trinajstić information content (AvgIpc) is 3.08. The Morgan fingerprint density at radius 1 is 1.08 bits per heavy atom. The number of rotatable bonds is 5. The van der Waals surface area contributed by atoms with Crippen LogP contribution in [0.5, 0.6) is 0 Å². The predicted octanol–water partition coefficient (Wildman–Crippen LogP) is 3.84. The van der Waals surface area contributed by atoms with Crippen molar-refractivity contribution in [1.29, 1.82) is 0 Å². The molecule has 1 heterocycles. The lowest BCUT2D eigenvalue weighted by molar-refractivity contribution is 0.0600. The van der Waals surface area contributed by atoms with Gasteiger partial charge >= 0.3 is 5.97 Å². The molecule has 0 bridgehead atoms. The number of esters is 1. The van der Waals surface area contributed by atoms with Crippen LogP contribution in [0.2, 0.25) is 0 Å². The maximum absolute atomic E-state index is 12.5. The van der Waals surface area contributed by atoms with E-state index in [9.17, 15) is 9.59 Å². The van der Waals surface area contributed by atoms with E-state index in [1.807, 2.05) is 37.3 Å². The smallest absolute Gasteiger partial charge is 0.337 e. The first-order valence-electron chi connectivity index (χ1n) is 8.07. The Labute approximate surface area is 155 Å². The molecule has 0 radical (unpaired) electrons. The van der Waals surface area contributed by atoms with E-state index >= 15 is 0 Å². The number of methoxy groups -OCH3 is 1. The minimum Gasteiger partial charge on any atom is -0.465 e. The third-order valence-electron chi connectivity index (χ3n) is 3.85. The van der Waals surface area contributed by atoms with E-state index in [0.29, 0.717) is 22.7 Å². The fraction of sp³-hybridized carbons (Fsp3) is 0.150. The van der Waals surface area contributed by atoms with Gasteiger partial charge in [-0.2, -0.15) is 0 Å². The van der Waals surface area contributed by atoms with Crippen LogP contribution in [0.25, 0.3) is 10.6 Å². The summed E-state index contributed by atoms with van der Waals surface area (Å²) in [6, 6.07) is 16.7. The summed E-state index contributed by atoms with van der Waals surface area (Å²) in [5, 5.41) is 3.73. The molecular formula is C20H18N2O3S. The fourth-order valence-corrected chi connectivity index (χ4v) is 3.44. The summed E-state index contributed by atoms with van der Waals surface area (Å²) in [4.78, 5) is 29.0. The zero-order valence-corrected chi connectivity index (χ0v) is 15.3. The maximum Gasteiger partial charge on any atom is 0.337 e. The molecule has 0 atom stereocenters. The number of carbonyl (C=O) groups is 2. The van der Waals surface area contributed by atoms with Gasteiger partial charge in [0.15, 0.2) is 0 Å². The van der Waals surface area contributed by atoms with Crippen molar-refractivity contribution in [3.05, 3.63) is 76.3 Å². The first-order valence-corrected chi connectivity index (χ1v) is 8.88. The number of carbonyl (C=O) groups excluding carboxylic acids is 2. The van der Waals surface area contributed by atoms with Crippen LogP contribution < -0.4 is 5.32 Å². The zero-order chi connectivity index (χ0) is 18.5. The molecule has 0 spiro atoms.